The second-order valence-electron chi connectivity index (χ2n) is 5.10. The van der Waals surface area contributed by atoms with Crippen molar-refractivity contribution >= 4 is 11.7 Å². The van der Waals surface area contributed by atoms with Gasteiger partial charge in [0.15, 0.2) is 0 Å². The summed E-state index contributed by atoms with van der Waals surface area (Å²) >= 11 is 0.876. The van der Waals surface area contributed by atoms with Crippen LogP contribution in [0.4, 0.5) is 13.2 Å². The van der Waals surface area contributed by atoms with Crippen LogP contribution in [0.5, 0.6) is 11.8 Å². The molecule has 2 heterocycles. The molecule has 3 rings (SSSR count). The number of hydrogen-bond donors (Lipinski definition) is 1. The van der Waals surface area contributed by atoms with Gasteiger partial charge >= 0.3 is 6.18 Å². The van der Waals surface area contributed by atoms with Gasteiger partial charge in [-0.15, -0.1) is 8.75 Å². The minimum Gasteiger partial charge on any atom is -0.473 e. The Bertz CT molecular complexity index is 468. The van der Waals surface area contributed by atoms with Crippen molar-refractivity contribution in [3.8, 4) is 11.8 Å². The number of ether oxygens (including phenoxy) is 2. The molecular formula is C11H14F3N3O2S. The van der Waals surface area contributed by atoms with Gasteiger partial charge < -0.3 is 14.8 Å². The molecule has 0 aromatic carbocycles. The van der Waals surface area contributed by atoms with E-state index in [1.54, 1.807) is 0 Å². The zero-order valence-electron chi connectivity index (χ0n) is 10.5. The third-order valence-corrected chi connectivity index (χ3v) is 4.08. The van der Waals surface area contributed by atoms with E-state index >= 15 is 0 Å². The fourth-order valence-corrected chi connectivity index (χ4v) is 3.11. The molecular weight excluding hydrogens is 295 g/mol. The summed E-state index contributed by atoms with van der Waals surface area (Å²) in [5.41, 5.74) is 0. The van der Waals surface area contributed by atoms with Crippen LogP contribution in [-0.2, 0) is 0 Å². The highest BCUT2D eigenvalue weighted by Gasteiger charge is 2.41. The highest BCUT2D eigenvalue weighted by Crippen LogP contribution is 2.36. The molecule has 1 saturated heterocycles. The van der Waals surface area contributed by atoms with Gasteiger partial charge in [0.2, 0.25) is 0 Å². The van der Waals surface area contributed by atoms with Crippen molar-refractivity contribution in [2.45, 2.75) is 37.6 Å². The van der Waals surface area contributed by atoms with Crippen LogP contribution < -0.4 is 14.8 Å². The van der Waals surface area contributed by atoms with E-state index in [4.69, 9.17) is 9.47 Å². The molecule has 3 unspecified atom stereocenters. The first kappa shape index (κ1) is 13.9. The zero-order valence-corrected chi connectivity index (χ0v) is 11.3. The Morgan fingerprint density at radius 1 is 1.25 bits per heavy atom. The Hall–Kier alpha value is -1.09. The average Bonchev–Trinajstić information content (AvgIpc) is 3.05. The molecule has 9 heteroatoms. The standard InChI is InChI=1S/C11H14F3N3O2S/c12-11(13,14)1-2-18-9-10(17-20-16-9)19-8-4-6-3-7(8)15-5-6/h6-8,15H,1-5H2. The minimum absolute atomic E-state index is 0.00242. The number of nitrogens with one attached hydrogen (secondary N) is 1. The van der Waals surface area contributed by atoms with Gasteiger partial charge in [-0.25, -0.2) is 0 Å². The number of hydrogen-bond acceptors (Lipinski definition) is 6. The summed E-state index contributed by atoms with van der Waals surface area (Å²) in [6, 6.07) is 0.296. The minimum atomic E-state index is -4.24. The number of halogens is 3. The summed E-state index contributed by atoms with van der Waals surface area (Å²) in [7, 11) is 0. The van der Waals surface area contributed by atoms with Crippen LogP contribution in [0.15, 0.2) is 0 Å². The quantitative estimate of drug-likeness (QED) is 0.901. The highest BCUT2D eigenvalue weighted by atomic mass is 32.1. The smallest absolute Gasteiger partial charge is 0.392 e. The van der Waals surface area contributed by atoms with E-state index in [1.165, 1.54) is 0 Å². The molecule has 1 saturated carbocycles. The maximum atomic E-state index is 12.1. The molecule has 1 aromatic heterocycles. The van der Waals surface area contributed by atoms with E-state index in [9.17, 15) is 13.2 Å². The summed E-state index contributed by atoms with van der Waals surface area (Å²) < 4.78 is 54.7. The van der Waals surface area contributed by atoms with E-state index in [1.807, 2.05) is 0 Å². The lowest BCUT2D eigenvalue weighted by Gasteiger charge is -2.22. The number of alkyl halides is 3. The summed E-state index contributed by atoms with van der Waals surface area (Å²) in [6.45, 7) is 0.537. The summed E-state index contributed by atoms with van der Waals surface area (Å²) in [4.78, 5) is 0. The van der Waals surface area contributed by atoms with Gasteiger partial charge in [0.25, 0.3) is 11.8 Å². The Labute approximate surface area is 117 Å². The lowest BCUT2D eigenvalue weighted by Crippen LogP contribution is -2.40. The van der Waals surface area contributed by atoms with Crippen molar-refractivity contribution < 1.29 is 22.6 Å². The van der Waals surface area contributed by atoms with Crippen molar-refractivity contribution in [1.29, 1.82) is 0 Å². The van der Waals surface area contributed by atoms with Crippen LogP contribution in [0.2, 0.25) is 0 Å². The molecule has 1 aromatic rings. The molecule has 2 bridgehead atoms. The van der Waals surface area contributed by atoms with Crippen molar-refractivity contribution in [3.05, 3.63) is 0 Å². The number of nitrogens with zero attached hydrogens (tertiary/aromatic N) is 2. The largest absolute Gasteiger partial charge is 0.473 e. The highest BCUT2D eigenvalue weighted by molar-refractivity contribution is 6.99. The summed E-state index contributed by atoms with van der Waals surface area (Å²) in [5.74, 6) is 0.879. The third kappa shape index (κ3) is 3.14. The molecule has 0 amide bonds. The van der Waals surface area contributed by atoms with Crippen LogP contribution in [0, 0.1) is 5.92 Å². The Kier molecular flexibility index (Phi) is 3.72. The lowest BCUT2D eigenvalue weighted by atomic mass is 10.1. The first-order valence-electron chi connectivity index (χ1n) is 6.43. The van der Waals surface area contributed by atoms with Crippen LogP contribution in [0.3, 0.4) is 0 Å². The predicted octanol–water partition coefficient (Wildman–Crippen LogP) is 2.00. The first-order chi connectivity index (χ1) is 9.51. The first-order valence-corrected chi connectivity index (χ1v) is 7.16. The van der Waals surface area contributed by atoms with Gasteiger partial charge in [0, 0.05) is 6.04 Å². The van der Waals surface area contributed by atoms with E-state index in [2.05, 4.69) is 14.1 Å². The van der Waals surface area contributed by atoms with Gasteiger partial charge in [-0.3, -0.25) is 0 Å². The molecule has 3 atom stereocenters. The molecule has 0 spiro atoms. The molecule has 0 radical (unpaired) electrons. The predicted molar refractivity (Wildman–Crippen MR) is 65.0 cm³/mol. The molecule has 1 aliphatic heterocycles. The van der Waals surface area contributed by atoms with Gasteiger partial charge in [0.05, 0.1) is 24.8 Å². The van der Waals surface area contributed by atoms with E-state index in [0.29, 0.717) is 12.0 Å². The fraction of sp³-hybridized carbons (Fsp3) is 0.818. The maximum absolute atomic E-state index is 12.1. The second-order valence-corrected chi connectivity index (χ2v) is 5.63. The van der Waals surface area contributed by atoms with Gasteiger partial charge in [0.1, 0.15) is 6.10 Å². The summed E-state index contributed by atoms with van der Waals surface area (Å²) in [5, 5.41) is 3.34. The normalized spacial score (nSPS) is 28.9. The van der Waals surface area contributed by atoms with Crippen molar-refractivity contribution in [3.63, 3.8) is 0 Å². The van der Waals surface area contributed by atoms with E-state index in [0.717, 1.165) is 31.1 Å². The zero-order chi connectivity index (χ0) is 14.2. The van der Waals surface area contributed by atoms with Crippen LogP contribution in [-0.4, -0.2) is 40.2 Å². The van der Waals surface area contributed by atoms with Crippen LogP contribution in [0.1, 0.15) is 19.3 Å². The second kappa shape index (κ2) is 5.36. The topological polar surface area (TPSA) is 56.3 Å². The molecule has 112 valence electrons. The van der Waals surface area contributed by atoms with Crippen molar-refractivity contribution in [1.82, 2.24) is 14.1 Å². The van der Waals surface area contributed by atoms with Gasteiger partial charge in [-0.2, -0.15) is 13.2 Å². The number of aromatic nitrogens is 2. The molecule has 5 nitrogen and oxygen atoms in total. The van der Waals surface area contributed by atoms with Crippen LogP contribution in [0.25, 0.3) is 0 Å². The van der Waals surface area contributed by atoms with Crippen molar-refractivity contribution in [2.75, 3.05) is 13.2 Å². The molecule has 1 aliphatic carbocycles. The number of rotatable bonds is 5. The van der Waals surface area contributed by atoms with Crippen molar-refractivity contribution in [2.24, 2.45) is 5.92 Å². The summed E-state index contributed by atoms with van der Waals surface area (Å²) in [6.07, 6.45) is -3.23. The average molecular weight is 309 g/mol. The fourth-order valence-electron chi connectivity index (χ4n) is 2.67. The lowest BCUT2D eigenvalue weighted by molar-refractivity contribution is -0.139. The molecule has 20 heavy (non-hydrogen) atoms. The number of piperidine rings is 1. The monoisotopic (exact) mass is 309 g/mol. The Morgan fingerprint density at radius 3 is 2.70 bits per heavy atom. The van der Waals surface area contributed by atoms with E-state index in [-0.39, 0.29) is 17.9 Å². The Balaban J connectivity index is 1.54. The van der Waals surface area contributed by atoms with Crippen LogP contribution >= 0.6 is 11.7 Å². The van der Waals surface area contributed by atoms with Gasteiger partial charge in [-0.1, -0.05) is 0 Å². The van der Waals surface area contributed by atoms with E-state index < -0.39 is 19.2 Å². The molecule has 2 fully saturated rings. The molecule has 1 N–H and O–H groups in total. The SMILES string of the molecule is FC(F)(F)CCOc1nsnc1OC1CC2CNC1C2. The Morgan fingerprint density at radius 2 is 2.05 bits per heavy atom. The maximum Gasteiger partial charge on any atom is 0.392 e. The van der Waals surface area contributed by atoms with Gasteiger partial charge in [-0.05, 0) is 25.3 Å². The number of fused-ring (bicyclic) bond motifs is 2. The molecule has 2 aliphatic rings. The third-order valence-electron chi connectivity index (χ3n) is 3.59.